The van der Waals surface area contributed by atoms with Crippen molar-refractivity contribution < 1.29 is 18.7 Å². The Morgan fingerprint density at radius 3 is 2.70 bits per heavy atom. The molecular formula is C18H26FN5O3. The van der Waals surface area contributed by atoms with Gasteiger partial charge in [-0.05, 0) is 24.8 Å². The molecular weight excluding hydrogens is 353 g/mol. The van der Waals surface area contributed by atoms with Crippen molar-refractivity contribution in [3.63, 3.8) is 0 Å². The molecule has 1 aromatic heterocycles. The van der Waals surface area contributed by atoms with E-state index in [1.807, 2.05) is 11.0 Å². The average Bonchev–Trinajstić information content (AvgIpc) is 2.69. The Balaban J connectivity index is 1.43. The van der Waals surface area contributed by atoms with E-state index in [1.165, 1.54) is 4.90 Å². The monoisotopic (exact) mass is 379 g/mol. The number of anilines is 1. The van der Waals surface area contributed by atoms with Gasteiger partial charge in [-0.3, -0.25) is 9.59 Å². The van der Waals surface area contributed by atoms with Gasteiger partial charge in [-0.15, -0.1) is 0 Å². The van der Waals surface area contributed by atoms with Crippen molar-refractivity contribution in [3.8, 4) is 5.75 Å². The molecule has 1 aliphatic carbocycles. The number of piperazine rings is 1. The Hall–Kier alpha value is -2.42. The third kappa shape index (κ3) is 4.47. The number of nitrogens with one attached hydrogen (secondary N) is 1. The SMILES string of the molecule is COc1ccnc(N2CCN(C(=O)C(=O)NCC3CC(F)(CN)C3)CC2)c1. The minimum absolute atomic E-state index is 0.00278. The second-order valence-electron chi connectivity index (χ2n) is 7.17. The topological polar surface area (TPSA) is 101 Å². The van der Waals surface area contributed by atoms with Crippen LogP contribution in [0.4, 0.5) is 10.2 Å². The third-order valence-corrected chi connectivity index (χ3v) is 5.26. The van der Waals surface area contributed by atoms with Crippen molar-refractivity contribution in [1.29, 1.82) is 0 Å². The highest BCUT2D eigenvalue weighted by atomic mass is 19.1. The highest BCUT2D eigenvalue weighted by Crippen LogP contribution is 2.39. The molecule has 2 amide bonds. The van der Waals surface area contributed by atoms with Gasteiger partial charge in [-0.2, -0.15) is 0 Å². The highest BCUT2D eigenvalue weighted by molar-refractivity contribution is 6.35. The second-order valence-corrected chi connectivity index (χ2v) is 7.17. The number of pyridine rings is 1. The van der Waals surface area contributed by atoms with E-state index in [2.05, 4.69) is 10.3 Å². The van der Waals surface area contributed by atoms with E-state index < -0.39 is 17.5 Å². The number of halogens is 1. The molecule has 1 saturated carbocycles. The van der Waals surface area contributed by atoms with Crippen LogP contribution in [0, 0.1) is 5.92 Å². The van der Waals surface area contributed by atoms with E-state index in [1.54, 1.807) is 19.4 Å². The summed E-state index contributed by atoms with van der Waals surface area (Å²) in [5, 5.41) is 2.62. The Morgan fingerprint density at radius 1 is 1.37 bits per heavy atom. The van der Waals surface area contributed by atoms with Crippen LogP contribution in [0.25, 0.3) is 0 Å². The van der Waals surface area contributed by atoms with Gasteiger partial charge in [0.1, 0.15) is 17.2 Å². The van der Waals surface area contributed by atoms with Gasteiger partial charge in [0, 0.05) is 51.5 Å². The average molecular weight is 379 g/mol. The molecule has 1 aliphatic heterocycles. The van der Waals surface area contributed by atoms with E-state index in [9.17, 15) is 14.0 Å². The van der Waals surface area contributed by atoms with Gasteiger partial charge in [0.2, 0.25) is 0 Å². The number of nitrogens with two attached hydrogens (primary N) is 1. The summed E-state index contributed by atoms with van der Waals surface area (Å²) in [6.07, 6.45) is 2.35. The first-order chi connectivity index (χ1) is 12.9. The maximum atomic E-state index is 13.8. The number of hydrogen-bond acceptors (Lipinski definition) is 6. The number of methoxy groups -OCH3 is 1. The van der Waals surface area contributed by atoms with Crippen molar-refractivity contribution in [1.82, 2.24) is 15.2 Å². The molecule has 0 bridgehead atoms. The summed E-state index contributed by atoms with van der Waals surface area (Å²) in [7, 11) is 1.60. The summed E-state index contributed by atoms with van der Waals surface area (Å²) in [5.41, 5.74) is 4.06. The van der Waals surface area contributed by atoms with Gasteiger partial charge in [0.25, 0.3) is 0 Å². The molecule has 0 atom stereocenters. The van der Waals surface area contributed by atoms with Crippen LogP contribution in [0.1, 0.15) is 12.8 Å². The van der Waals surface area contributed by atoms with E-state index in [0.717, 1.165) is 11.6 Å². The number of hydrogen-bond donors (Lipinski definition) is 2. The van der Waals surface area contributed by atoms with Gasteiger partial charge in [0.05, 0.1) is 7.11 Å². The van der Waals surface area contributed by atoms with Crippen molar-refractivity contribution in [2.75, 3.05) is 51.3 Å². The first kappa shape index (κ1) is 19.3. The fourth-order valence-electron chi connectivity index (χ4n) is 3.58. The van der Waals surface area contributed by atoms with Crippen molar-refractivity contribution in [3.05, 3.63) is 18.3 Å². The molecule has 0 aromatic carbocycles. The number of nitrogens with zero attached hydrogens (tertiary/aromatic N) is 3. The summed E-state index contributed by atoms with van der Waals surface area (Å²) in [4.78, 5) is 32.3. The summed E-state index contributed by atoms with van der Waals surface area (Å²) in [5.74, 6) is 0.377. The Bertz CT molecular complexity index is 687. The van der Waals surface area contributed by atoms with E-state index >= 15 is 0 Å². The fraction of sp³-hybridized carbons (Fsp3) is 0.611. The molecule has 3 N–H and O–H groups in total. The number of ether oxygens (including phenoxy) is 1. The molecule has 8 nitrogen and oxygen atoms in total. The predicted molar refractivity (Wildman–Crippen MR) is 98.2 cm³/mol. The van der Waals surface area contributed by atoms with Crippen LogP contribution >= 0.6 is 0 Å². The molecule has 1 aromatic rings. The van der Waals surface area contributed by atoms with Crippen LogP contribution in [-0.4, -0.2) is 73.7 Å². The van der Waals surface area contributed by atoms with E-state index in [-0.39, 0.29) is 12.5 Å². The Labute approximate surface area is 157 Å². The molecule has 2 aliphatic rings. The Morgan fingerprint density at radius 2 is 2.07 bits per heavy atom. The Kier molecular flexibility index (Phi) is 5.79. The number of alkyl halides is 1. The lowest BCUT2D eigenvalue weighted by Crippen LogP contribution is -2.54. The van der Waals surface area contributed by atoms with Crippen LogP contribution in [-0.2, 0) is 9.59 Å². The quantitative estimate of drug-likeness (QED) is 0.695. The number of aromatic nitrogens is 1. The number of amides is 2. The number of carbonyl (C=O) groups excluding carboxylic acids is 2. The largest absolute Gasteiger partial charge is 0.497 e. The molecule has 2 fully saturated rings. The molecule has 3 rings (SSSR count). The van der Waals surface area contributed by atoms with Crippen molar-refractivity contribution in [2.24, 2.45) is 11.7 Å². The standard InChI is InChI=1S/C18H26FN5O3/c1-27-14-2-3-21-15(8-14)23-4-6-24(7-5-23)17(26)16(25)22-11-13-9-18(19,10-13)12-20/h2-3,8,13H,4-7,9-12,20H2,1H3,(H,22,25). The lowest BCUT2D eigenvalue weighted by atomic mass is 9.72. The smallest absolute Gasteiger partial charge is 0.312 e. The van der Waals surface area contributed by atoms with Gasteiger partial charge in [-0.1, -0.05) is 0 Å². The van der Waals surface area contributed by atoms with E-state index in [4.69, 9.17) is 10.5 Å². The fourth-order valence-corrected chi connectivity index (χ4v) is 3.58. The zero-order chi connectivity index (χ0) is 19.4. The molecule has 0 unspecified atom stereocenters. The van der Waals surface area contributed by atoms with Gasteiger partial charge in [0.15, 0.2) is 0 Å². The first-order valence-corrected chi connectivity index (χ1v) is 9.15. The molecule has 1 saturated heterocycles. The lowest BCUT2D eigenvalue weighted by Gasteiger charge is -2.40. The number of rotatable bonds is 5. The summed E-state index contributed by atoms with van der Waals surface area (Å²) >= 11 is 0. The molecule has 27 heavy (non-hydrogen) atoms. The van der Waals surface area contributed by atoms with Crippen LogP contribution in [0.2, 0.25) is 0 Å². The molecule has 0 spiro atoms. The third-order valence-electron chi connectivity index (χ3n) is 5.26. The second kappa shape index (κ2) is 8.08. The minimum atomic E-state index is -1.30. The summed E-state index contributed by atoms with van der Waals surface area (Å²) < 4.78 is 19.0. The van der Waals surface area contributed by atoms with Crippen LogP contribution in [0.15, 0.2) is 18.3 Å². The van der Waals surface area contributed by atoms with Crippen LogP contribution in [0.3, 0.4) is 0 Å². The van der Waals surface area contributed by atoms with Crippen molar-refractivity contribution >= 4 is 17.6 Å². The van der Waals surface area contributed by atoms with Gasteiger partial charge < -0.3 is 25.6 Å². The first-order valence-electron chi connectivity index (χ1n) is 9.15. The summed E-state index contributed by atoms with van der Waals surface area (Å²) in [6, 6.07) is 3.62. The van der Waals surface area contributed by atoms with E-state index in [0.29, 0.717) is 45.6 Å². The van der Waals surface area contributed by atoms with Crippen LogP contribution < -0.4 is 20.7 Å². The summed E-state index contributed by atoms with van der Waals surface area (Å²) in [6.45, 7) is 2.36. The van der Waals surface area contributed by atoms with Crippen LogP contribution in [0.5, 0.6) is 5.75 Å². The molecule has 148 valence electrons. The predicted octanol–water partition coefficient (Wildman–Crippen LogP) is -0.0680. The molecule has 9 heteroatoms. The molecule has 0 radical (unpaired) electrons. The maximum Gasteiger partial charge on any atom is 0.312 e. The zero-order valence-electron chi connectivity index (χ0n) is 15.5. The molecule has 2 heterocycles. The van der Waals surface area contributed by atoms with Gasteiger partial charge in [-0.25, -0.2) is 9.37 Å². The minimum Gasteiger partial charge on any atom is -0.497 e. The highest BCUT2D eigenvalue weighted by Gasteiger charge is 2.43. The maximum absolute atomic E-state index is 13.8. The lowest BCUT2D eigenvalue weighted by molar-refractivity contribution is -0.146. The number of carbonyl (C=O) groups is 2. The zero-order valence-corrected chi connectivity index (χ0v) is 15.5. The van der Waals surface area contributed by atoms with Gasteiger partial charge >= 0.3 is 11.8 Å². The normalized spacial score (nSPS) is 24.9. The van der Waals surface area contributed by atoms with Crippen molar-refractivity contribution in [2.45, 2.75) is 18.5 Å².